The van der Waals surface area contributed by atoms with Crippen LogP contribution in [0.25, 0.3) is 27.2 Å². The first-order chi connectivity index (χ1) is 10.5. The Labute approximate surface area is 144 Å². The van der Waals surface area contributed by atoms with Crippen molar-refractivity contribution in [1.82, 2.24) is 14.6 Å². The van der Waals surface area contributed by atoms with E-state index in [0.717, 1.165) is 19.3 Å². The van der Waals surface area contributed by atoms with Crippen molar-refractivity contribution in [2.45, 2.75) is 6.92 Å². The van der Waals surface area contributed by atoms with Gasteiger partial charge in [0.25, 0.3) is 0 Å². The average molecular weight is 441 g/mol. The van der Waals surface area contributed by atoms with Gasteiger partial charge in [-0.25, -0.2) is 14.3 Å². The van der Waals surface area contributed by atoms with Gasteiger partial charge >= 0.3 is 5.63 Å². The van der Waals surface area contributed by atoms with E-state index in [1.165, 1.54) is 11.3 Å². The summed E-state index contributed by atoms with van der Waals surface area (Å²) in [5.74, 6) is 0.670. The fourth-order valence-corrected chi connectivity index (χ4v) is 4.51. The van der Waals surface area contributed by atoms with E-state index in [1.807, 2.05) is 30.5 Å². The highest BCUT2D eigenvalue weighted by molar-refractivity contribution is 9.11. The van der Waals surface area contributed by atoms with Crippen molar-refractivity contribution in [3.05, 3.63) is 48.8 Å². The molecular weight excluding hydrogens is 434 g/mol. The molecule has 0 spiro atoms. The molecule has 0 radical (unpaired) electrons. The quantitative estimate of drug-likeness (QED) is 0.411. The predicted octanol–water partition coefficient (Wildman–Crippen LogP) is 4.40. The molecular formula is C14H7Br2N3O2S. The van der Waals surface area contributed by atoms with Gasteiger partial charge in [-0.15, -0.1) is 11.3 Å². The summed E-state index contributed by atoms with van der Waals surface area (Å²) in [5, 5.41) is 7.01. The average Bonchev–Trinajstić information content (AvgIpc) is 2.98. The molecule has 0 bridgehead atoms. The first-order valence-corrected chi connectivity index (χ1v) is 8.73. The second-order valence-corrected chi connectivity index (χ2v) is 7.33. The van der Waals surface area contributed by atoms with E-state index in [-0.39, 0.29) is 0 Å². The number of aryl methyl sites for hydroxylation is 1. The zero-order chi connectivity index (χ0) is 15.4. The molecule has 0 saturated carbocycles. The summed E-state index contributed by atoms with van der Waals surface area (Å²) in [5.41, 5.74) is 1.28. The topological polar surface area (TPSA) is 60.4 Å². The lowest BCUT2D eigenvalue weighted by Gasteiger charge is -2.03. The molecule has 1 aromatic carbocycles. The molecule has 4 rings (SSSR count). The van der Waals surface area contributed by atoms with E-state index in [1.54, 1.807) is 4.52 Å². The predicted molar refractivity (Wildman–Crippen MR) is 92.5 cm³/mol. The summed E-state index contributed by atoms with van der Waals surface area (Å²) >= 11 is 8.29. The van der Waals surface area contributed by atoms with E-state index < -0.39 is 5.63 Å². The number of benzene rings is 1. The number of hydrogen-bond acceptors (Lipinski definition) is 5. The van der Waals surface area contributed by atoms with E-state index in [0.29, 0.717) is 22.7 Å². The summed E-state index contributed by atoms with van der Waals surface area (Å²) in [6.07, 6.45) is 0. The van der Waals surface area contributed by atoms with Crippen LogP contribution >= 0.6 is 43.2 Å². The van der Waals surface area contributed by atoms with Crippen LogP contribution in [0.3, 0.4) is 0 Å². The number of nitrogens with zero attached hydrogens (tertiary/aromatic N) is 3. The van der Waals surface area contributed by atoms with Crippen molar-refractivity contribution in [3.63, 3.8) is 0 Å². The van der Waals surface area contributed by atoms with Crippen LogP contribution in [0.5, 0.6) is 0 Å². The number of hydrogen-bond donors (Lipinski definition) is 0. The molecule has 3 aromatic heterocycles. The summed E-state index contributed by atoms with van der Waals surface area (Å²) in [6, 6.07) is 5.56. The van der Waals surface area contributed by atoms with Crippen LogP contribution in [-0.2, 0) is 0 Å². The first kappa shape index (κ1) is 14.1. The van der Waals surface area contributed by atoms with E-state index >= 15 is 0 Å². The molecule has 110 valence electrons. The SMILES string of the molecule is Cc1nc2scc(-c3cc4cc(Br)cc(Br)c4oc3=O)n2n1. The monoisotopic (exact) mass is 439 g/mol. The van der Waals surface area contributed by atoms with Crippen molar-refractivity contribution >= 4 is 59.1 Å². The summed E-state index contributed by atoms with van der Waals surface area (Å²) in [4.78, 5) is 17.4. The van der Waals surface area contributed by atoms with Gasteiger partial charge in [0.15, 0.2) is 5.58 Å². The van der Waals surface area contributed by atoms with Crippen LogP contribution in [0.2, 0.25) is 0 Å². The molecule has 0 atom stereocenters. The molecule has 0 saturated heterocycles. The van der Waals surface area contributed by atoms with Gasteiger partial charge in [-0.1, -0.05) is 15.9 Å². The van der Waals surface area contributed by atoms with Crippen molar-refractivity contribution in [3.8, 4) is 11.3 Å². The second kappa shape index (κ2) is 5.00. The van der Waals surface area contributed by atoms with Gasteiger partial charge in [0, 0.05) is 15.2 Å². The zero-order valence-corrected chi connectivity index (χ0v) is 15.1. The lowest BCUT2D eigenvalue weighted by molar-refractivity contribution is 0.561. The largest absolute Gasteiger partial charge is 0.421 e. The molecule has 0 N–H and O–H groups in total. The van der Waals surface area contributed by atoms with Crippen LogP contribution in [0, 0.1) is 6.92 Å². The molecule has 0 fully saturated rings. The van der Waals surface area contributed by atoms with Gasteiger partial charge < -0.3 is 4.42 Å². The Bertz CT molecular complexity index is 1100. The number of aromatic nitrogens is 3. The maximum Gasteiger partial charge on any atom is 0.345 e. The third-order valence-corrected chi connectivity index (χ3v) is 5.08. The van der Waals surface area contributed by atoms with Gasteiger partial charge in [0.05, 0.1) is 15.7 Å². The van der Waals surface area contributed by atoms with E-state index in [2.05, 4.69) is 41.9 Å². The van der Waals surface area contributed by atoms with E-state index in [4.69, 9.17) is 4.42 Å². The second-order valence-electron chi connectivity index (χ2n) is 4.73. The first-order valence-electron chi connectivity index (χ1n) is 6.27. The van der Waals surface area contributed by atoms with Crippen LogP contribution in [0.15, 0.2) is 41.7 Å². The maximum absolute atomic E-state index is 12.4. The highest BCUT2D eigenvalue weighted by Gasteiger charge is 2.16. The Morgan fingerprint density at radius 2 is 2.09 bits per heavy atom. The molecule has 4 aromatic rings. The summed E-state index contributed by atoms with van der Waals surface area (Å²) < 4.78 is 8.78. The van der Waals surface area contributed by atoms with Crippen LogP contribution in [0.4, 0.5) is 0 Å². The minimum Gasteiger partial charge on any atom is -0.421 e. The van der Waals surface area contributed by atoms with Crippen molar-refractivity contribution < 1.29 is 4.42 Å². The number of halogens is 2. The molecule has 0 aliphatic carbocycles. The molecule has 22 heavy (non-hydrogen) atoms. The van der Waals surface area contributed by atoms with Gasteiger partial charge in [-0.3, -0.25) is 0 Å². The molecule has 0 aliphatic heterocycles. The molecule has 8 heteroatoms. The summed E-state index contributed by atoms with van der Waals surface area (Å²) in [6.45, 7) is 1.82. The van der Waals surface area contributed by atoms with E-state index in [9.17, 15) is 4.79 Å². The lowest BCUT2D eigenvalue weighted by atomic mass is 10.1. The highest BCUT2D eigenvalue weighted by Crippen LogP contribution is 2.31. The summed E-state index contributed by atoms with van der Waals surface area (Å²) in [7, 11) is 0. The van der Waals surface area contributed by atoms with Crippen molar-refractivity contribution in [2.75, 3.05) is 0 Å². The van der Waals surface area contributed by atoms with Crippen molar-refractivity contribution in [1.29, 1.82) is 0 Å². The number of fused-ring (bicyclic) bond motifs is 2. The third-order valence-electron chi connectivity index (χ3n) is 3.22. The van der Waals surface area contributed by atoms with Gasteiger partial charge in [-0.2, -0.15) is 5.10 Å². The van der Waals surface area contributed by atoms with Crippen LogP contribution in [0.1, 0.15) is 5.82 Å². The normalized spacial score (nSPS) is 11.6. The lowest BCUT2D eigenvalue weighted by Crippen LogP contribution is -2.05. The minimum atomic E-state index is -0.400. The standard InChI is InChI=1S/C14H7Br2N3O2S/c1-6-17-14-19(18-6)11(5-22-14)9-3-7-2-8(15)4-10(16)12(7)21-13(9)20/h2-5H,1H3. The minimum absolute atomic E-state index is 0.400. The Morgan fingerprint density at radius 1 is 1.27 bits per heavy atom. The highest BCUT2D eigenvalue weighted by atomic mass is 79.9. The fourth-order valence-electron chi connectivity index (χ4n) is 2.30. The van der Waals surface area contributed by atoms with Crippen LogP contribution in [-0.4, -0.2) is 14.6 Å². The number of rotatable bonds is 1. The molecule has 0 aliphatic rings. The number of thiazole rings is 1. The molecule has 3 heterocycles. The Balaban J connectivity index is 2.06. The third kappa shape index (κ3) is 2.13. The maximum atomic E-state index is 12.4. The Hall–Kier alpha value is -1.51. The fraction of sp³-hybridized carbons (Fsp3) is 0.0714. The van der Waals surface area contributed by atoms with Gasteiger partial charge in [-0.05, 0) is 41.1 Å². The Morgan fingerprint density at radius 3 is 2.91 bits per heavy atom. The molecule has 0 unspecified atom stereocenters. The Kier molecular flexibility index (Phi) is 3.21. The van der Waals surface area contributed by atoms with Crippen LogP contribution < -0.4 is 5.63 Å². The molecule has 5 nitrogen and oxygen atoms in total. The van der Waals surface area contributed by atoms with Gasteiger partial charge in [0.1, 0.15) is 5.82 Å². The molecule has 0 amide bonds. The zero-order valence-electron chi connectivity index (χ0n) is 11.1. The van der Waals surface area contributed by atoms with Crippen molar-refractivity contribution in [2.24, 2.45) is 0 Å². The smallest absolute Gasteiger partial charge is 0.345 e. The van der Waals surface area contributed by atoms with Gasteiger partial charge in [0.2, 0.25) is 4.96 Å².